The number of hydrogen-bond donors (Lipinski definition) is 1. The van der Waals surface area contributed by atoms with Gasteiger partial charge < -0.3 is 9.84 Å². The number of aromatic carboxylic acids is 1. The first kappa shape index (κ1) is 16.0. The molecule has 0 amide bonds. The van der Waals surface area contributed by atoms with E-state index >= 15 is 0 Å². The summed E-state index contributed by atoms with van der Waals surface area (Å²) < 4.78 is 34.0. The summed E-state index contributed by atoms with van der Waals surface area (Å²) >= 11 is 0. The van der Waals surface area contributed by atoms with Crippen LogP contribution in [-0.2, 0) is 20.9 Å². The highest BCUT2D eigenvalue weighted by atomic mass is 32.2. The van der Waals surface area contributed by atoms with E-state index in [1.54, 1.807) is 24.3 Å². The van der Waals surface area contributed by atoms with E-state index in [-0.39, 0.29) is 17.1 Å². The van der Waals surface area contributed by atoms with Crippen LogP contribution in [-0.4, -0.2) is 26.6 Å². The molecule has 1 N–H and O–H groups in total. The maximum atomic E-state index is 12.0. The van der Waals surface area contributed by atoms with Crippen LogP contribution in [0.2, 0.25) is 0 Å². The molecule has 0 fully saturated rings. The van der Waals surface area contributed by atoms with Crippen molar-refractivity contribution in [1.82, 2.24) is 0 Å². The normalized spacial score (nSPS) is 11.1. The van der Waals surface area contributed by atoms with E-state index in [9.17, 15) is 13.2 Å². The number of rotatable bonds is 6. The van der Waals surface area contributed by atoms with Crippen LogP contribution in [0, 0.1) is 0 Å². The Kier molecular flexibility index (Phi) is 4.79. The van der Waals surface area contributed by atoms with Gasteiger partial charge in [-0.15, -0.1) is 0 Å². The lowest BCUT2D eigenvalue weighted by molar-refractivity contribution is 0.0696. The van der Waals surface area contributed by atoms with E-state index in [4.69, 9.17) is 14.0 Å². The van der Waals surface area contributed by atoms with Crippen LogP contribution in [0.25, 0.3) is 0 Å². The van der Waals surface area contributed by atoms with Gasteiger partial charge in [-0.25, -0.2) is 4.79 Å². The standard InChI is InChI=1S/C15H14O6S/c1-20-13-6-2-11(3-7-13)10-21-22(18,19)14-8-4-12(5-9-14)15(16)17/h2-9H,10H2,1H3,(H,16,17). The van der Waals surface area contributed by atoms with Gasteiger partial charge in [-0.2, -0.15) is 8.42 Å². The van der Waals surface area contributed by atoms with Crippen LogP contribution >= 0.6 is 0 Å². The molecule has 7 heteroatoms. The van der Waals surface area contributed by atoms with Crippen LogP contribution in [0.15, 0.2) is 53.4 Å². The molecule has 0 bridgehead atoms. The molecule has 0 aliphatic rings. The molecule has 0 atom stereocenters. The van der Waals surface area contributed by atoms with Gasteiger partial charge in [-0.3, -0.25) is 4.18 Å². The summed E-state index contributed by atoms with van der Waals surface area (Å²) in [6, 6.07) is 11.6. The number of ether oxygens (including phenoxy) is 1. The van der Waals surface area contributed by atoms with Crippen LogP contribution in [0.1, 0.15) is 15.9 Å². The third-order valence-corrected chi connectivity index (χ3v) is 4.21. The lowest BCUT2D eigenvalue weighted by Crippen LogP contribution is -2.07. The summed E-state index contributed by atoms with van der Waals surface area (Å²) in [6.07, 6.45) is 0. The van der Waals surface area contributed by atoms with Gasteiger partial charge in [0, 0.05) is 0 Å². The first-order valence-electron chi connectivity index (χ1n) is 6.28. The molecule has 6 nitrogen and oxygen atoms in total. The molecule has 0 aromatic heterocycles. The van der Waals surface area contributed by atoms with Crippen molar-refractivity contribution in [2.24, 2.45) is 0 Å². The molecular formula is C15H14O6S. The number of carboxylic acids is 1. The zero-order valence-electron chi connectivity index (χ0n) is 11.7. The van der Waals surface area contributed by atoms with Gasteiger partial charge in [0.15, 0.2) is 0 Å². The lowest BCUT2D eigenvalue weighted by atomic mass is 10.2. The highest BCUT2D eigenvalue weighted by Crippen LogP contribution is 2.17. The van der Waals surface area contributed by atoms with E-state index < -0.39 is 16.1 Å². The predicted octanol–water partition coefficient (Wildman–Crippen LogP) is 2.30. The van der Waals surface area contributed by atoms with E-state index in [0.717, 1.165) is 0 Å². The van der Waals surface area contributed by atoms with Gasteiger partial charge in [0.25, 0.3) is 10.1 Å². The Morgan fingerprint density at radius 2 is 1.64 bits per heavy atom. The smallest absolute Gasteiger partial charge is 0.335 e. The number of benzene rings is 2. The highest BCUT2D eigenvalue weighted by Gasteiger charge is 2.16. The zero-order valence-corrected chi connectivity index (χ0v) is 12.5. The minimum absolute atomic E-state index is 0.00843. The second kappa shape index (κ2) is 6.59. The van der Waals surface area contributed by atoms with Gasteiger partial charge in [0.1, 0.15) is 5.75 Å². The number of carboxylic acid groups (broad SMARTS) is 1. The summed E-state index contributed by atoms with van der Waals surface area (Å²) in [7, 11) is -2.40. The molecule has 0 aliphatic carbocycles. The summed E-state index contributed by atoms with van der Waals surface area (Å²) in [5.74, 6) is -0.459. The average molecular weight is 322 g/mol. The Bertz CT molecular complexity index is 748. The topological polar surface area (TPSA) is 89.9 Å². The van der Waals surface area contributed by atoms with Gasteiger partial charge in [0.2, 0.25) is 0 Å². The van der Waals surface area contributed by atoms with E-state index in [2.05, 4.69) is 0 Å². The van der Waals surface area contributed by atoms with Crippen molar-refractivity contribution in [3.8, 4) is 5.75 Å². The zero-order chi connectivity index (χ0) is 16.2. The van der Waals surface area contributed by atoms with E-state index in [1.165, 1.54) is 31.4 Å². The van der Waals surface area contributed by atoms with Crippen molar-refractivity contribution in [2.75, 3.05) is 7.11 Å². The van der Waals surface area contributed by atoms with Crippen molar-refractivity contribution >= 4 is 16.1 Å². The van der Waals surface area contributed by atoms with Gasteiger partial charge in [-0.05, 0) is 42.0 Å². The molecule has 0 aliphatic heterocycles. The van der Waals surface area contributed by atoms with E-state index in [1.807, 2.05) is 0 Å². The van der Waals surface area contributed by atoms with Gasteiger partial charge in [-0.1, -0.05) is 12.1 Å². The lowest BCUT2D eigenvalue weighted by Gasteiger charge is -2.07. The van der Waals surface area contributed by atoms with Gasteiger partial charge in [0.05, 0.1) is 24.2 Å². The second-order valence-corrected chi connectivity index (χ2v) is 6.01. The first-order chi connectivity index (χ1) is 10.4. The Morgan fingerprint density at radius 1 is 1.05 bits per heavy atom. The molecule has 116 valence electrons. The molecular weight excluding hydrogens is 308 g/mol. The Morgan fingerprint density at radius 3 is 2.14 bits per heavy atom. The van der Waals surface area contributed by atoms with Crippen molar-refractivity contribution in [3.05, 3.63) is 59.7 Å². The predicted molar refractivity (Wildman–Crippen MR) is 78.4 cm³/mol. The number of methoxy groups -OCH3 is 1. The third-order valence-electron chi connectivity index (χ3n) is 2.93. The average Bonchev–Trinajstić information content (AvgIpc) is 2.53. The largest absolute Gasteiger partial charge is 0.497 e. The van der Waals surface area contributed by atoms with Crippen LogP contribution < -0.4 is 4.74 Å². The minimum atomic E-state index is -3.94. The third kappa shape index (κ3) is 3.84. The molecule has 0 radical (unpaired) electrons. The fraction of sp³-hybridized carbons (Fsp3) is 0.133. The molecule has 2 aromatic carbocycles. The molecule has 22 heavy (non-hydrogen) atoms. The molecule has 2 aromatic rings. The molecule has 2 rings (SSSR count). The summed E-state index contributed by atoms with van der Waals surface area (Å²) in [5, 5.41) is 8.78. The Labute approximate surface area is 128 Å². The van der Waals surface area contributed by atoms with E-state index in [0.29, 0.717) is 11.3 Å². The molecule has 0 unspecified atom stereocenters. The second-order valence-electron chi connectivity index (χ2n) is 4.39. The van der Waals surface area contributed by atoms with Crippen molar-refractivity contribution in [3.63, 3.8) is 0 Å². The van der Waals surface area contributed by atoms with Crippen molar-refractivity contribution < 1.29 is 27.2 Å². The summed E-state index contributed by atoms with van der Waals surface area (Å²) in [6.45, 7) is -0.118. The summed E-state index contributed by atoms with van der Waals surface area (Å²) in [4.78, 5) is 10.6. The SMILES string of the molecule is COc1ccc(COS(=O)(=O)c2ccc(C(=O)O)cc2)cc1. The Balaban J connectivity index is 2.08. The molecule has 0 saturated carbocycles. The van der Waals surface area contributed by atoms with Gasteiger partial charge >= 0.3 is 5.97 Å². The quantitative estimate of drug-likeness (QED) is 0.821. The van der Waals surface area contributed by atoms with Crippen LogP contribution in [0.4, 0.5) is 0 Å². The monoisotopic (exact) mass is 322 g/mol. The summed E-state index contributed by atoms with van der Waals surface area (Å²) in [5.41, 5.74) is 0.681. The maximum Gasteiger partial charge on any atom is 0.335 e. The maximum absolute atomic E-state index is 12.0. The molecule has 0 spiro atoms. The van der Waals surface area contributed by atoms with Crippen molar-refractivity contribution in [2.45, 2.75) is 11.5 Å². The minimum Gasteiger partial charge on any atom is -0.497 e. The fourth-order valence-corrected chi connectivity index (χ4v) is 2.60. The highest BCUT2D eigenvalue weighted by molar-refractivity contribution is 7.86. The first-order valence-corrected chi connectivity index (χ1v) is 7.69. The number of hydrogen-bond acceptors (Lipinski definition) is 5. The van der Waals surface area contributed by atoms with Crippen LogP contribution in [0.3, 0.4) is 0 Å². The number of carbonyl (C=O) groups is 1. The molecule has 0 heterocycles. The van der Waals surface area contributed by atoms with Crippen molar-refractivity contribution in [1.29, 1.82) is 0 Å². The van der Waals surface area contributed by atoms with Crippen LogP contribution in [0.5, 0.6) is 5.75 Å². The fourth-order valence-electron chi connectivity index (χ4n) is 1.70. The molecule has 0 saturated heterocycles. The Hall–Kier alpha value is -2.38.